The number of methoxy groups -OCH3 is 1. The first-order chi connectivity index (χ1) is 15.3. The number of piperidine rings is 2. The minimum atomic E-state index is -0.372. The minimum absolute atomic E-state index is 0.0279. The molecule has 0 spiro atoms. The van der Waals surface area contributed by atoms with Crippen molar-refractivity contribution in [3.63, 3.8) is 0 Å². The molecule has 2 aliphatic rings. The second kappa shape index (κ2) is 11.3. The van der Waals surface area contributed by atoms with Gasteiger partial charge in [0, 0.05) is 37.7 Å². The number of carbonyl (C=O) groups is 2. The van der Waals surface area contributed by atoms with Crippen LogP contribution in [0.4, 0.5) is 5.69 Å². The molecule has 0 unspecified atom stereocenters. The molecular weight excluding hydrogens is 432 g/mol. The fraction of sp³-hybridized carbons (Fsp3) is 0.652. The summed E-state index contributed by atoms with van der Waals surface area (Å²) in [5.74, 6) is -0.119. The van der Waals surface area contributed by atoms with Crippen molar-refractivity contribution in [2.45, 2.75) is 57.7 Å². The summed E-state index contributed by atoms with van der Waals surface area (Å²) in [5.41, 5.74) is 9.04. The number of amides is 2. The quantitative estimate of drug-likeness (QED) is 0.473. The third kappa shape index (κ3) is 5.92. The molecule has 3 rings (SSSR count). The van der Waals surface area contributed by atoms with Crippen molar-refractivity contribution in [3.8, 4) is 0 Å². The van der Waals surface area contributed by atoms with Gasteiger partial charge in [0.25, 0.3) is 5.91 Å². The third-order valence-electron chi connectivity index (χ3n) is 6.48. The first-order valence-electron chi connectivity index (χ1n) is 11.4. The number of nitrogen functional groups attached to an aromatic ring is 1. The number of carbonyl (C=O) groups excluding carboxylic acids is 2. The summed E-state index contributed by atoms with van der Waals surface area (Å²) < 4.78 is 5.76. The molecule has 2 heterocycles. The Hall–Kier alpha value is -1.87. The van der Waals surface area contributed by atoms with Crippen LogP contribution in [0.15, 0.2) is 18.2 Å². The van der Waals surface area contributed by atoms with Crippen molar-refractivity contribution < 1.29 is 19.2 Å². The molecule has 0 saturated carbocycles. The maximum atomic E-state index is 12.4. The van der Waals surface area contributed by atoms with Gasteiger partial charge in [-0.1, -0.05) is 25.4 Å². The second-order valence-electron chi connectivity index (χ2n) is 8.91. The fourth-order valence-electron chi connectivity index (χ4n) is 4.68. The summed E-state index contributed by atoms with van der Waals surface area (Å²) in [6, 6.07) is 5.12. The van der Waals surface area contributed by atoms with Crippen molar-refractivity contribution in [3.05, 3.63) is 28.8 Å². The zero-order valence-corrected chi connectivity index (χ0v) is 19.9. The number of nitrogens with two attached hydrogens (primary N) is 1. The van der Waals surface area contributed by atoms with Crippen LogP contribution in [-0.4, -0.2) is 73.2 Å². The Kier molecular flexibility index (Phi) is 8.76. The molecule has 1 aromatic rings. The summed E-state index contributed by atoms with van der Waals surface area (Å²) >= 11 is 6.01. The SMILES string of the molecule is CO[C@@H]1CCCN(C2CCN(C(=O)C(C)C)CC2)[C@@H]1CONC(=O)c1ccc(N)c(Cl)c1. The van der Waals surface area contributed by atoms with Gasteiger partial charge in [-0.05, 0) is 50.4 Å². The summed E-state index contributed by atoms with van der Waals surface area (Å²) in [6.45, 7) is 6.72. The Morgan fingerprint density at radius 2 is 1.94 bits per heavy atom. The zero-order chi connectivity index (χ0) is 23.3. The van der Waals surface area contributed by atoms with Gasteiger partial charge in [0.1, 0.15) is 0 Å². The molecule has 0 radical (unpaired) electrons. The number of ether oxygens (including phenoxy) is 1. The maximum absolute atomic E-state index is 12.4. The number of hydrogen-bond acceptors (Lipinski definition) is 6. The average Bonchev–Trinajstić information content (AvgIpc) is 2.80. The molecule has 2 atom stereocenters. The lowest BCUT2D eigenvalue weighted by atomic mass is 9.93. The molecule has 2 amide bonds. The molecule has 3 N–H and O–H groups in total. The van der Waals surface area contributed by atoms with Crippen molar-refractivity contribution in [2.24, 2.45) is 5.92 Å². The number of hydroxylamine groups is 1. The van der Waals surface area contributed by atoms with Crippen LogP contribution in [0.25, 0.3) is 0 Å². The molecule has 0 aromatic heterocycles. The van der Waals surface area contributed by atoms with E-state index in [1.165, 1.54) is 6.07 Å². The monoisotopic (exact) mass is 466 g/mol. The third-order valence-corrected chi connectivity index (χ3v) is 6.81. The molecule has 9 heteroatoms. The van der Waals surface area contributed by atoms with Crippen LogP contribution in [-0.2, 0) is 14.4 Å². The van der Waals surface area contributed by atoms with Gasteiger partial charge in [-0.15, -0.1) is 0 Å². The van der Waals surface area contributed by atoms with Crippen LogP contribution in [0.5, 0.6) is 0 Å². The van der Waals surface area contributed by atoms with Gasteiger partial charge >= 0.3 is 0 Å². The molecule has 178 valence electrons. The largest absolute Gasteiger partial charge is 0.398 e. The van der Waals surface area contributed by atoms with E-state index in [1.54, 1.807) is 19.2 Å². The fourth-order valence-corrected chi connectivity index (χ4v) is 4.86. The molecule has 32 heavy (non-hydrogen) atoms. The van der Waals surface area contributed by atoms with E-state index >= 15 is 0 Å². The maximum Gasteiger partial charge on any atom is 0.274 e. The van der Waals surface area contributed by atoms with Crippen molar-refractivity contribution in [1.82, 2.24) is 15.3 Å². The second-order valence-corrected chi connectivity index (χ2v) is 9.32. The van der Waals surface area contributed by atoms with Crippen molar-refractivity contribution in [1.29, 1.82) is 0 Å². The van der Waals surface area contributed by atoms with Gasteiger partial charge in [0.15, 0.2) is 0 Å². The average molecular weight is 467 g/mol. The highest BCUT2D eigenvalue weighted by molar-refractivity contribution is 6.33. The van der Waals surface area contributed by atoms with Gasteiger partial charge < -0.3 is 15.4 Å². The Balaban J connectivity index is 1.58. The topological polar surface area (TPSA) is 97.1 Å². The van der Waals surface area contributed by atoms with E-state index in [-0.39, 0.29) is 29.9 Å². The highest BCUT2D eigenvalue weighted by Gasteiger charge is 2.38. The van der Waals surface area contributed by atoms with E-state index < -0.39 is 0 Å². The Morgan fingerprint density at radius 3 is 2.56 bits per heavy atom. The molecule has 2 saturated heterocycles. The zero-order valence-electron chi connectivity index (χ0n) is 19.2. The van der Waals surface area contributed by atoms with Crippen LogP contribution in [0.1, 0.15) is 49.9 Å². The molecule has 2 fully saturated rings. The highest BCUT2D eigenvalue weighted by atomic mass is 35.5. The molecule has 1 aromatic carbocycles. The number of nitrogens with zero attached hydrogens (tertiary/aromatic N) is 2. The molecular formula is C23H35ClN4O4. The Labute approximate surface area is 195 Å². The molecule has 0 bridgehead atoms. The lowest BCUT2D eigenvalue weighted by Crippen LogP contribution is -2.58. The predicted molar refractivity (Wildman–Crippen MR) is 124 cm³/mol. The number of nitrogens with one attached hydrogen (secondary N) is 1. The van der Waals surface area contributed by atoms with Crippen molar-refractivity contribution >= 4 is 29.1 Å². The van der Waals surface area contributed by atoms with E-state index in [4.69, 9.17) is 26.9 Å². The summed E-state index contributed by atoms with van der Waals surface area (Å²) in [7, 11) is 1.72. The Morgan fingerprint density at radius 1 is 1.22 bits per heavy atom. The number of halogens is 1. The van der Waals surface area contributed by atoms with E-state index in [0.29, 0.717) is 28.9 Å². The number of anilines is 1. The van der Waals surface area contributed by atoms with Crippen LogP contribution in [0, 0.1) is 5.92 Å². The summed E-state index contributed by atoms with van der Waals surface area (Å²) in [4.78, 5) is 34.8. The van der Waals surface area contributed by atoms with Gasteiger partial charge in [0.05, 0.1) is 29.5 Å². The van der Waals surface area contributed by atoms with Crippen molar-refractivity contribution in [2.75, 3.05) is 39.1 Å². The van der Waals surface area contributed by atoms with Crippen LogP contribution < -0.4 is 11.2 Å². The smallest absolute Gasteiger partial charge is 0.274 e. The molecule has 0 aliphatic carbocycles. The van der Waals surface area contributed by atoms with Crippen LogP contribution in [0.3, 0.4) is 0 Å². The molecule has 8 nitrogen and oxygen atoms in total. The predicted octanol–water partition coefficient (Wildman–Crippen LogP) is 2.71. The minimum Gasteiger partial charge on any atom is -0.398 e. The van der Waals surface area contributed by atoms with Gasteiger partial charge in [-0.3, -0.25) is 19.3 Å². The number of rotatable bonds is 7. The lowest BCUT2D eigenvalue weighted by molar-refractivity contribution is -0.137. The normalized spacial score (nSPS) is 22.8. The van der Waals surface area contributed by atoms with E-state index in [0.717, 1.165) is 45.3 Å². The number of hydrogen-bond donors (Lipinski definition) is 2. The van der Waals surface area contributed by atoms with Gasteiger partial charge in [-0.25, -0.2) is 5.48 Å². The summed E-state index contributed by atoms with van der Waals surface area (Å²) in [6.07, 6.45) is 3.90. The van der Waals surface area contributed by atoms with Crippen LogP contribution in [0.2, 0.25) is 5.02 Å². The standard InChI is InChI=1S/C23H35ClN4O4/c1-15(2)23(30)27-11-8-17(9-12-27)28-10-4-5-21(31-3)20(28)14-32-26-22(29)16-6-7-19(25)18(24)13-16/h6-7,13,15,17,20-21H,4-5,8-12,14,25H2,1-3H3,(H,26,29)/t20-,21-/m1/s1. The number of likely N-dealkylation sites (tertiary alicyclic amines) is 2. The van der Waals surface area contributed by atoms with Gasteiger partial charge in [0.2, 0.25) is 5.91 Å². The number of benzene rings is 1. The van der Waals surface area contributed by atoms with E-state index in [1.807, 2.05) is 18.7 Å². The first-order valence-corrected chi connectivity index (χ1v) is 11.7. The first kappa shape index (κ1) is 24.8. The highest BCUT2D eigenvalue weighted by Crippen LogP contribution is 2.28. The Bertz CT molecular complexity index is 798. The molecule has 2 aliphatic heterocycles. The summed E-state index contributed by atoms with van der Waals surface area (Å²) in [5, 5.41) is 0.331. The van der Waals surface area contributed by atoms with E-state index in [9.17, 15) is 9.59 Å². The van der Waals surface area contributed by atoms with Gasteiger partial charge in [-0.2, -0.15) is 0 Å². The van der Waals surface area contributed by atoms with Crippen LogP contribution >= 0.6 is 11.6 Å². The lowest BCUT2D eigenvalue weighted by Gasteiger charge is -2.47. The van der Waals surface area contributed by atoms with E-state index in [2.05, 4.69) is 10.4 Å².